The minimum absolute atomic E-state index is 0.275. The van der Waals surface area contributed by atoms with E-state index in [4.69, 9.17) is 27.8 Å². The number of nitrogens with one attached hydrogen (secondary N) is 1. The molecule has 3 rings (SSSR count). The smallest absolute Gasteiger partial charge is 0.132 e. The zero-order chi connectivity index (χ0) is 18.4. The molecule has 0 aliphatic carbocycles. The maximum Gasteiger partial charge on any atom is 0.132 e. The molecule has 0 atom stereocenters. The third-order valence-electron chi connectivity index (χ3n) is 4.13. The van der Waals surface area contributed by atoms with Crippen LogP contribution in [0.5, 0.6) is 0 Å². The van der Waals surface area contributed by atoms with Gasteiger partial charge in [-0.2, -0.15) is 5.10 Å². The predicted molar refractivity (Wildman–Crippen MR) is 105 cm³/mol. The Labute approximate surface area is 152 Å². The van der Waals surface area contributed by atoms with E-state index in [-0.39, 0.29) is 5.54 Å². The zero-order valence-corrected chi connectivity index (χ0v) is 15.6. The first-order valence-electron chi connectivity index (χ1n) is 8.25. The second kappa shape index (κ2) is 6.15. The number of pyridine rings is 1. The highest BCUT2D eigenvalue weighted by molar-refractivity contribution is 6.31. The Morgan fingerprint density at radius 2 is 2.00 bits per heavy atom. The number of hydrogen-bond acceptors (Lipinski definition) is 4. The number of nitrogens with two attached hydrogens (primary N) is 1. The minimum atomic E-state index is -0.275. The second-order valence-electron chi connectivity index (χ2n) is 7.08. The van der Waals surface area contributed by atoms with Crippen LogP contribution in [0.2, 0.25) is 5.02 Å². The van der Waals surface area contributed by atoms with Crippen molar-refractivity contribution in [3.8, 4) is 11.3 Å². The molecule has 2 aromatic heterocycles. The number of nitrogens with zero attached hydrogens (tertiary/aromatic N) is 3. The lowest BCUT2D eigenvalue weighted by Crippen LogP contribution is -2.25. The lowest BCUT2D eigenvalue weighted by atomic mass is 10.0. The highest BCUT2D eigenvalue weighted by Crippen LogP contribution is 2.33. The van der Waals surface area contributed by atoms with Crippen LogP contribution in [0.4, 0.5) is 5.82 Å². The van der Waals surface area contributed by atoms with Crippen molar-refractivity contribution < 1.29 is 0 Å². The van der Waals surface area contributed by atoms with Gasteiger partial charge in [0.15, 0.2) is 0 Å². The van der Waals surface area contributed by atoms with E-state index in [9.17, 15) is 0 Å². The molecule has 0 aliphatic rings. The molecular formula is C19H22ClN5. The number of rotatable bonds is 3. The summed E-state index contributed by atoms with van der Waals surface area (Å²) in [6, 6.07) is 7.62. The molecule has 25 heavy (non-hydrogen) atoms. The topological polar surface area (TPSA) is 80.6 Å². The van der Waals surface area contributed by atoms with E-state index < -0.39 is 0 Å². The van der Waals surface area contributed by atoms with Gasteiger partial charge in [0.1, 0.15) is 11.5 Å². The first kappa shape index (κ1) is 17.4. The Kier molecular flexibility index (Phi) is 4.29. The molecule has 0 saturated carbocycles. The summed E-state index contributed by atoms with van der Waals surface area (Å²) in [5.41, 5.74) is 9.61. The Bertz CT molecular complexity index is 966. The van der Waals surface area contributed by atoms with Crippen LogP contribution in [0.15, 0.2) is 30.5 Å². The van der Waals surface area contributed by atoms with Gasteiger partial charge in [-0.3, -0.25) is 4.98 Å². The van der Waals surface area contributed by atoms with E-state index in [0.717, 1.165) is 16.5 Å². The number of anilines is 1. The summed E-state index contributed by atoms with van der Waals surface area (Å²) in [5, 5.41) is 14.7. The number of hydrogen-bond donors (Lipinski definition) is 2. The first-order chi connectivity index (χ1) is 11.7. The summed E-state index contributed by atoms with van der Waals surface area (Å²) in [4.78, 5) is 4.50. The Morgan fingerprint density at radius 1 is 1.28 bits per heavy atom. The van der Waals surface area contributed by atoms with Gasteiger partial charge in [-0.05, 0) is 45.4 Å². The highest BCUT2D eigenvalue weighted by atomic mass is 35.5. The monoisotopic (exact) mass is 355 g/mol. The van der Waals surface area contributed by atoms with Crippen LogP contribution in [0, 0.1) is 5.41 Å². The number of halogens is 1. The normalized spacial score (nSPS) is 11.9. The average molecular weight is 356 g/mol. The maximum absolute atomic E-state index is 8.35. The Hall–Kier alpha value is -2.40. The summed E-state index contributed by atoms with van der Waals surface area (Å²) in [7, 11) is 0. The third kappa shape index (κ3) is 3.12. The van der Waals surface area contributed by atoms with E-state index in [1.165, 1.54) is 0 Å². The van der Waals surface area contributed by atoms with Crippen LogP contribution in [0.25, 0.3) is 22.2 Å². The molecule has 3 N–H and O–H groups in total. The summed E-state index contributed by atoms with van der Waals surface area (Å²) in [6.45, 7) is 8.07. The summed E-state index contributed by atoms with van der Waals surface area (Å²) in [6.07, 6.45) is 2.35. The molecular weight excluding hydrogens is 334 g/mol. The maximum atomic E-state index is 8.35. The fourth-order valence-corrected chi connectivity index (χ4v) is 3.01. The van der Waals surface area contributed by atoms with Crippen molar-refractivity contribution in [2.45, 2.75) is 39.7 Å². The fourth-order valence-electron chi connectivity index (χ4n) is 2.84. The first-order valence-corrected chi connectivity index (χ1v) is 8.62. The second-order valence-corrected chi connectivity index (χ2v) is 7.52. The lowest BCUT2D eigenvalue weighted by molar-refractivity contribution is 0.362. The van der Waals surface area contributed by atoms with E-state index in [2.05, 4.69) is 4.98 Å². The molecule has 0 amide bonds. The highest BCUT2D eigenvalue weighted by Gasteiger charge is 2.26. The van der Waals surface area contributed by atoms with Crippen LogP contribution >= 0.6 is 11.6 Å². The van der Waals surface area contributed by atoms with Gasteiger partial charge in [-0.25, -0.2) is 4.68 Å². The molecule has 0 unspecified atom stereocenters. The van der Waals surface area contributed by atoms with E-state index in [0.29, 0.717) is 34.2 Å². The molecule has 0 fully saturated rings. The van der Waals surface area contributed by atoms with Gasteiger partial charge < -0.3 is 11.1 Å². The van der Waals surface area contributed by atoms with Gasteiger partial charge in [0.25, 0.3) is 0 Å². The number of nitrogen functional groups attached to an aromatic ring is 1. The SMILES string of the molecule is CCC(=N)c1c(-c2cnc3cc(Cl)ccc3c2)nn(C(C)(C)C)c1N. The summed E-state index contributed by atoms with van der Waals surface area (Å²) >= 11 is 6.04. The van der Waals surface area contributed by atoms with Gasteiger partial charge in [0.05, 0.1) is 16.6 Å². The number of benzene rings is 1. The van der Waals surface area contributed by atoms with Crippen LogP contribution in [0.3, 0.4) is 0 Å². The van der Waals surface area contributed by atoms with Crippen molar-refractivity contribution >= 4 is 34.0 Å². The Balaban J connectivity index is 2.25. The fraction of sp³-hybridized carbons (Fsp3) is 0.316. The molecule has 2 heterocycles. The van der Waals surface area contributed by atoms with Crippen molar-refractivity contribution in [3.63, 3.8) is 0 Å². The van der Waals surface area contributed by atoms with Crippen molar-refractivity contribution in [2.24, 2.45) is 0 Å². The van der Waals surface area contributed by atoms with Crippen LogP contribution < -0.4 is 5.73 Å². The average Bonchev–Trinajstić information content (AvgIpc) is 2.91. The summed E-state index contributed by atoms with van der Waals surface area (Å²) in [5.74, 6) is 0.519. The molecule has 0 aliphatic heterocycles. The van der Waals surface area contributed by atoms with Gasteiger partial charge in [0, 0.05) is 27.9 Å². The van der Waals surface area contributed by atoms with Crippen molar-refractivity contribution in [2.75, 3.05) is 5.73 Å². The molecule has 0 spiro atoms. The van der Waals surface area contributed by atoms with Crippen molar-refractivity contribution in [1.82, 2.24) is 14.8 Å². The minimum Gasteiger partial charge on any atom is -0.383 e. The summed E-state index contributed by atoms with van der Waals surface area (Å²) < 4.78 is 1.79. The van der Waals surface area contributed by atoms with Crippen LogP contribution in [0.1, 0.15) is 39.7 Å². The van der Waals surface area contributed by atoms with E-state index >= 15 is 0 Å². The number of aromatic nitrogens is 3. The molecule has 0 radical (unpaired) electrons. The molecule has 1 aromatic carbocycles. The molecule has 0 bridgehead atoms. The zero-order valence-electron chi connectivity index (χ0n) is 14.9. The molecule has 6 heteroatoms. The molecule has 3 aromatic rings. The molecule has 5 nitrogen and oxygen atoms in total. The largest absolute Gasteiger partial charge is 0.383 e. The van der Waals surface area contributed by atoms with Gasteiger partial charge in [-0.1, -0.05) is 24.6 Å². The van der Waals surface area contributed by atoms with Gasteiger partial charge >= 0.3 is 0 Å². The Morgan fingerprint density at radius 3 is 2.64 bits per heavy atom. The molecule has 130 valence electrons. The predicted octanol–water partition coefficient (Wildman–Crippen LogP) is 4.87. The van der Waals surface area contributed by atoms with Crippen LogP contribution in [-0.4, -0.2) is 20.5 Å². The van der Waals surface area contributed by atoms with Crippen molar-refractivity contribution in [3.05, 3.63) is 41.0 Å². The lowest BCUT2D eigenvalue weighted by Gasteiger charge is -2.20. The standard InChI is InChI=1S/C19H22ClN5/c1-5-14(21)16-17(24-25(18(16)22)19(2,3)4)12-8-11-6-7-13(20)9-15(11)23-10-12/h6-10,21H,5,22H2,1-4H3. The quantitative estimate of drug-likeness (QED) is 0.658. The third-order valence-corrected chi connectivity index (χ3v) is 4.37. The van der Waals surface area contributed by atoms with E-state index in [1.807, 2.05) is 52.0 Å². The number of fused-ring (bicyclic) bond motifs is 1. The van der Waals surface area contributed by atoms with E-state index in [1.54, 1.807) is 10.9 Å². The van der Waals surface area contributed by atoms with Gasteiger partial charge in [-0.15, -0.1) is 0 Å². The van der Waals surface area contributed by atoms with Crippen LogP contribution in [-0.2, 0) is 5.54 Å². The van der Waals surface area contributed by atoms with Crippen molar-refractivity contribution in [1.29, 1.82) is 5.41 Å². The molecule has 0 saturated heterocycles. The van der Waals surface area contributed by atoms with Gasteiger partial charge in [0.2, 0.25) is 0 Å².